The number of nitrogens with zero attached hydrogens (tertiary/aromatic N) is 1. The maximum atomic E-state index is 13.9. The average molecular weight is 684 g/mol. The summed E-state index contributed by atoms with van der Waals surface area (Å²) in [6, 6.07) is -5.15. The van der Waals surface area contributed by atoms with Crippen molar-refractivity contribution in [2.24, 2.45) is 17.8 Å². The number of unbranched alkanes of at least 4 members (excludes halogenated alkanes) is 5. The number of hydrogen-bond acceptors (Lipinski definition) is 9. The van der Waals surface area contributed by atoms with Crippen molar-refractivity contribution in [1.29, 1.82) is 0 Å². The zero-order valence-corrected chi connectivity index (χ0v) is 30.2. The molecular formula is C34H61N5O9. The summed E-state index contributed by atoms with van der Waals surface area (Å²) in [7, 11) is 1.51. The van der Waals surface area contributed by atoms with Crippen LogP contribution in [0.2, 0.25) is 0 Å². The lowest BCUT2D eigenvalue weighted by Gasteiger charge is -2.34. The van der Waals surface area contributed by atoms with E-state index in [2.05, 4.69) is 28.2 Å². The van der Waals surface area contributed by atoms with Crippen LogP contribution in [0.5, 0.6) is 0 Å². The predicted octanol–water partition coefficient (Wildman–Crippen LogP) is 1.16. The Morgan fingerprint density at radius 3 is 2.00 bits per heavy atom. The largest absolute Gasteiger partial charge is 0.460 e. The van der Waals surface area contributed by atoms with E-state index in [9.17, 15) is 39.0 Å². The number of hydrogen-bond donors (Lipinski definition) is 6. The second-order valence-corrected chi connectivity index (χ2v) is 13.5. The van der Waals surface area contributed by atoms with Crippen LogP contribution in [0.1, 0.15) is 106 Å². The molecule has 0 aromatic heterocycles. The number of esters is 1. The normalized spacial score (nSPS) is 27.1. The lowest BCUT2D eigenvalue weighted by Crippen LogP contribution is -2.61. The van der Waals surface area contributed by atoms with Gasteiger partial charge in [-0.2, -0.15) is 0 Å². The van der Waals surface area contributed by atoms with Gasteiger partial charge >= 0.3 is 5.97 Å². The van der Waals surface area contributed by atoms with Crippen LogP contribution in [0.4, 0.5) is 0 Å². The van der Waals surface area contributed by atoms with Gasteiger partial charge in [0.05, 0.1) is 18.6 Å². The van der Waals surface area contributed by atoms with Gasteiger partial charge in [0.1, 0.15) is 36.8 Å². The summed E-state index contributed by atoms with van der Waals surface area (Å²) in [5.74, 6) is -5.64. The van der Waals surface area contributed by atoms with Gasteiger partial charge in [-0.05, 0) is 38.0 Å². The summed E-state index contributed by atoms with van der Waals surface area (Å²) < 4.78 is 5.76. The SMILES string of the molecule is CCCCCCCCC1OC(=O)CNC(=O)[C@@H]([C@@H](C)O)NC(=O)C(CO)NC(=O)C(C(C)CC)NC(=O)C(CC(C)C)N(C)C(=O)C1C. The van der Waals surface area contributed by atoms with E-state index in [1.165, 1.54) is 18.9 Å². The molecule has 14 heteroatoms. The molecule has 1 rings (SSSR count). The average Bonchev–Trinajstić information content (AvgIpc) is 3.04. The summed E-state index contributed by atoms with van der Waals surface area (Å²) in [6.07, 6.45) is 4.75. The van der Waals surface area contributed by atoms with E-state index in [4.69, 9.17) is 4.74 Å². The Hall–Kier alpha value is -3.26. The van der Waals surface area contributed by atoms with Crippen molar-refractivity contribution < 1.29 is 43.7 Å². The van der Waals surface area contributed by atoms with Gasteiger partial charge in [0.2, 0.25) is 29.5 Å². The summed E-state index contributed by atoms with van der Waals surface area (Å²) in [5.41, 5.74) is 0. The molecule has 1 heterocycles. The minimum atomic E-state index is -1.53. The van der Waals surface area contributed by atoms with Crippen molar-refractivity contribution in [2.45, 2.75) is 143 Å². The molecule has 0 radical (unpaired) electrons. The second-order valence-electron chi connectivity index (χ2n) is 13.5. The monoisotopic (exact) mass is 683 g/mol. The highest BCUT2D eigenvalue weighted by atomic mass is 16.5. The van der Waals surface area contributed by atoms with E-state index < -0.39 is 96.9 Å². The molecule has 1 aliphatic rings. The standard InChI is InChI=1S/C34H61N5O9/c1-9-11-12-13-14-15-16-26-22(6)34(47)39(8)25(17-20(3)4)31(44)37-28(21(5)10-2)33(46)36-24(19-40)30(43)38-29(23(7)41)32(45)35-18-27(42)48-26/h20-26,28-29,40-41H,9-19H2,1-8H3,(H,35,45)(H,36,46)(H,37,44)(H,38,43)/t21?,22?,23-,24?,25?,26?,28?,29-/m1/s1. The van der Waals surface area contributed by atoms with Crippen LogP contribution in [-0.2, 0) is 33.5 Å². The number of amides is 5. The molecule has 0 aromatic rings. The van der Waals surface area contributed by atoms with Crippen LogP contribution in [0, 0.1) is 17.8 Å². The van der Waals surface area contributed by atoms with Crippen molar-refractivity contribution in [3.8, 4) is 0 Å². The van der Waals surface area contributed by atoms with Gasteiger partial charge in [0, 0.05) is 7.05 Å². The first-order chi connectivity index (χ1) is 22.6. The van der Waals surface area contributed by atoms with Crippen LogP contribution >= 0.6 is 0 Å². The Balaban J connectivity index is 3.57. The quantitative estimate of drug-likeness (QED) is 0.122. The number of aliphatic hydroxyl groups excluding tert-OH is 2. The molecule has 6 N–H and O–H groups in total. The smallest absolute Gasteiger partial charge is 0.325 e. The van der Waals surface area contributed by atoms with Gasteiger partial charge in [-0.1, -0.05) is 80.1 Å². The minimum absolute atomic E-state index is 0.00604. The molecule has 14 nitrogen and oxygen atoms in total. The van der Waals surface area contributed by atoms with Crippen molar-refractivity contribution >= 4 is 35.5 Å². The Labute approximate surface area is 285 Å². The minimum Gasteiger partial charge on any atom is -0.460 e. The van der Waals surface area contributed by atoms with Crippen LogP contribution < -0.4 is 21.3 Å². The third kappa shape index (κ3) is 13.7. The lowest BCUT2D eigenvalue weighted by atomic mass is 9.94. The number of aliphatic hydroxyl groups is 2. The molecule has 5 amide bonds. The molecule has 0 saturated carbocycles. The first kappa shape index (κ1) is 42.8. The highest BCUT2D eigenvalue weighted by Gasteiger charge is 2.38. The van der Waals surface area contributed by atoms with Crippen LogP contribution in [0.15, 0.2) is 0 Å². The van der Waals surface area contributed by atoms with E-state index in [1.54, 1.807) is 13.8 Å². The van der Waals surface area contributed by atoms with E-state index >= 15 is 0 Å². The summed E-state index contributed by atoms with van der Waals surface area (Å²) in [6.45, 7) is 11.0. The fourth-order valence-corrected chi connectivity index (χ4v) is 5.60. The lowest BCUT2D eigenvalue weighted by molar-refractivity contribution is -0.157. The van der Waals surface area contributed by atoms with E-state index in [0.717, 1.165) is 32.1 Å². The Morgan fingerprint density at radius 1 is 0.833 bits per heavy atom. The van der Waals surface area contributed by atoms with Gasteiger partial charge < -0.3 is 41.1 Å². The fraction of sp³-hybridized carbons (Fsp3) is 0.824. The molecule has 1 fully saturated rings. The number of rotatable bonds is 13. The van der Waals surface area contributed by atoms with E-state index in [0.29, 0.717) is 19.3 Å². The first-order valence-corrected chi connectivity index (χ1v) is 17.5. The van der Waals surface area contributed by atoms with Crippen LogP contribution in [0.3, 0.4) is 0 Å². The third-order valence-corrected chi connectivity index (χ3v) is 8.96. The van der Waals surface area contributed by atoms with Gasteiger partial charge in [0.25, 0.3) is 0 Å². The van der Waals surface area contributed by atoms with Gasteiger partial charge in [-0.25, -0.2) is 0 Å². The Kier molecular flexibility index (Phi) is 19.3. The molecule has 6 unspecified atom stereocenters. The molecule has 0 aromatic carbocycles. The van der Waals surface area contributed by atoms with Crippen molar-refractivity contribution in [2.75, 3.05) is 20.2 Å². The molecular weight excluding hydrogens is 622 g/mol. The highest BCUT2D eigenvalue weighted by Crippen LogP contribution is 2.22. The van der Waals surface area contributed by atoms with Crippen molar-refractivity contribution in [1.82, 2.24) is 26.2 Å². The first-order valence-electron chi connectivity index (χ1n) is 17.5. The Bertz CT molecular complexity index is 1070. The molecule has 0 aliphatic carbocycles. The third-order valence-electron chi connectivity index (χ3n) is 8.96. The number of ether oxygens (including phenoxy) is 1. The molecule has 48 heavy (non-hydrogen) atoms. The summed E-state index contributed by atoms with van der Waals surface area (Å²) >= 11 is 0. The molecule has 0 spiro atoms. The van der Waals surface area contributed by atoms with E-state index in [-0.39, 0.29) is 12.3 Å². The fourth-order valence-electron chi connectivity index (χ4n) is 5.60. The number of carbonyl (C=O) groups excluding carboxylic acids is 6. The number of nitrogens with one attached hydrogen (secondary N) is 4. The van der Waals surface area contributed by atoms with Gasteiger partial charge in [0.15, 0.2) is 0 Å². The molecule has 8 atom stereocenters. The summed E-state index contributed by atoms with van der Waals surface area (Å²) in [4.78, 5) is 81.7. The number of cyclic esters (lactones) is 1. The predicted molar refractivity (Wildman–Crippen MR) is 180 cm³/mol. The Morgan fingerprint density at radius 2 is 1.44 bits per heavy atom. The molecule has 0 bridgehead atoms. The number of likely N-dealkylation sites (N-methyl/N-ethyl adjacent to an activating group) is 1. The van der Waals surface area contributed by atoms with Crippen molar-refractivity contribution in [3.05, 3.63) is 0 Å². The topological polar surface area (TPSA) is 203 Å². The second kappa shape index (κ2) is 21.7. The molecule has 1 aliphatic heterocycles. The zero-order valence-electron chi connectivity index (χ0n) is 30.2. The van der Waals surface area contributed by atoms with Gasteiger partial charge in [-0.3, -0.25) is 28.8 Å². The van der Waals surface area contributed by atoms with Gasteiger partial charge in [-0.15, -0.1) is 0 Å². The van der Waals surface area contributed by atoms with E-state index in [1.807, 2.05) is 20.8 Å². The number of carbonyl (C=O) groups is 6. The van der Waals surface area contributed by atoms with Crippen LogP contribution in [0.25, 0.3) is 0 Å². The zero-order chi connectivity index (χ0) is 36.6. The van der Waals surface area contributed by atoms with Crippen LogP contribution in [-0.4, -0.2) is 107 Å². The highest BCUT2D eigenvalue weighted by molar-refractivity contribution is 5.96. The molecule has 1 saturated heterocycles. The summed E-state index contributed by atoms with van der Waals surface area (Å²) in [5, 5.41) is 30.1. The maximum absolute atomic E-state index is 13.9. The molecule has 276 valence electrons. The maximum Gasteiger partial charge on any atom is 0.325 e. The van der Waals surface area contributed by atoms with Crippen molar-refractivity contribution in [3.63, 3.8) is 0 Å².